The number of hydrogen-bond donors (Lipinski definition) is 3. The number of nitrogens with two attached hydrogens (primary N) is 1. The first-order chi connectivity index (χ1) is 12.5. The zero-order valence-corrected chi connectivity index (χ0v) is 17.0. The summed E-state index contributed by atoms with van der Waals surface area (Å²) in [5.41, 5.74) is 7.09. The van der Waals surface area contributed by atoms with Crippen molar-refractivity contribution in [3.8, 4) is 0 Å². The Hall–Kier alpha value is -1.90. The van der Waals surface area contributed by atoms with Gasteiger partial charge in [0, 0.05) is 0 Å². The van der Waals surface area contributed by atoms with E-state index in [-0.39, 0.29) is 44.3 Å². The van der Waals surface area contributed by atoms with Crippen molar-refractivity contribution in [1.29, 1.82) is 0 Å². The Morgan fingerprint density at radius 3 is 2.50 bits per heavy atom. The van der Waals surface area contributed by atoms with Gasteiger partial charge >= 0.3 is 153 Å². The molecule has 0 unspecified atom stereocenters. The molecule has 0 aliphatic carbocycles. The maximum absolute atomic E-state index is 14.4. The van der Waals surface area contributed by atoms with Crippen LogP contribution in [0.15, 0.2) is 36.4 Å². The monoisotopic (exact) mass is 475 g/mol. The number of unbranched alkanes of at least 4 members (excludes halogenated alkanes) is 1. The summed E-state index contributed by atoms with van der Waals surface area (Å²) in [5.74, 6) is -1.03. The van der Waals surface area contributed by atoms with Crippen LogP contribution in [0.4, 0.5) is 25.8 Å². The van der Waals surface area contributed by atoms with Crippen molar-refractivity contribution in [2.45, 2.75) is 26.3 Å². The van der Waals surface area contributed by atoms with Crippen LogP contribution in [0.25, 0.3) is 0 Å². The van der Waals surface area contributed by atoms with Crippen molar-refractivity contribution in [3.63, 3.8) is 0 Å². The molecule has 0 bridgehead atoms. The second-order valence-corrected chi connectivity index (χ2v) is 8.98. The van der Waals surface area contributed by atoms with Crippen LogP contribution < -0.4 is 16.4 Å². The van der Waals surface area contributed by atoms with Gasteiger partial charge in [-0.05, 0) is 0 Å². The van der Waals surface area contributed by atoms with Gasteiger partial charge in [-0.15, -0.1) is 0 Å². The molecule has 0 aromatic heterocycles. The van der Waals surface area contributed by atoms with Crippen LogP contribution in [0, 0.1) is 11.6 Å². The van der Waals surface area contributed by atoms with E-state index in [1.54, 1.807) is 24.3 Å². The average Bonchev–Trinajstić information content (AvgIpc) is 2.63. The second-order valence-electron chi connectivity index (χ2n) is 5.82. The molecular weight excluding hydrogens is 451 g/mol. The molecule has 0 heterocycles. The summed E-state index contributed by atoms with van der Waals surface area (Å²) in [7, 11) is 0. The molecule has 7 heteroatoms. The summed E-state index contributed by atoms with van der Waals surface area (Å²) in [6.07, 6.45) is 2.29. The van der Waals surface area contributed by atoms with Crippen LogP contribution >= 0.6 is 21.2 Å². The second kappa shape index (κ2) is 10.3. The molecule has 4 N–H and O–H groups in total. The normalized spacial score (nSPS) is 10.7. The summed E-state index contributed by atoms with van der Waals surface area (Å²) < 4.78 is 29.0. The molecule has 142 valence electrons. The maximum atomic E-state index is 14.4. The third-order valence-corrected chi connectivity index (χ3v) is 6.70. The Kier molecular flexibility index (Phi) is 8.08. The van der Waals surface area contributed by atoms with Gasteiger partial charge in [0.1, 0.15) is 5.82 Å². The molecule has 0 saturated heterocycles. The van der Waals surface area contributed by atoms with Crippen molar-refractivity contribution < 1.29 is 13.6 Å². The van der Waals surface area contributed by atoms with Gasteiger partial charge in [-0.2, -0.15) is 0 Å². The van der Waals surface area contributed by atoms with Crippen molar-refractivity contribution in [1.82, 2.24) is 0 Å². The number of nitrogen functional groups attached to an aromatic ring is 1. The number of nitrogens with one attached hydrogen (secondary N) is 2. The first kappa shape index (κ1) is 20.4. The molecule has 2 aromatic rings. The first-order valence-corrected chi connectivity index (χ1v) is 11.7. The molecule has 0 aliphatic rings. The van der Waals surface area contributed by atoms with Crippen LogP contribution in [-0.2, 0) is 11.3 Å². The molecule has 4 nitrogen and oxygen atoms in total. The molecule has 0 fully saturated rings. The zero-order valence-electron chi connectivity index (χ0n) is 14.6. The molecule has 2 rings (SSSR count). The van der Waals surface area contributed by atoms with Gasteiger partial charge in [-0.1, -0.05) is 0 Å². The zero-order chi connectivity index (χ0) is 18.9. The van der Waals surface area contributed by atoms with E-state index in [0.29, 0.717) is 16.7 Å². The van der Waals surface area contributed by atoms with Gasteiger partial charge in [0.05, 0.1) is 0 Å². The minimum atomic E-state index is -0.604. The quantitative estimate of drug-likeness (QED) is 0.215. The first-order valence-electron chi connectivity index (χ1n) is 8.45. The number of rotatable bonds is 9. The summed E-state index contributed by atoms with van der Waals surface area (Å²) in [5, 5.41) is 5.63. The Labute approximate surface area is 162 Å². The van der Waals surface area contributed by atoms with Crippen LogP contribution in [0.2, 0.25) is 0 Å². The van der Waals surface area contributed by atoms with Gasteiger partial charge in [-0.3, -0.25) is 0 Å². The van der Waals surface area contributed by atoms with Crippen molar-refractivity contribution in [2.24, 2.45) is 0 Å². The fourth-order valence-electron chi connectivity index (χ4n) is 2.24. The Morgan fingerprint density at radius 1 is 1.12 bits per heavy atom. The number of hydrogen-bond acceptors (Lipinski definition) is 3. The number of anilines is 3. The van der Waals surface area contributed by atoms with E-state index in [1.807, 2.05) is 0 Å². The summed E-state index contributed by atoms with van der Waals surface area (Å²) in [6.45, 7) is 2.47. The number of carbonyl (C=O) groups excluding carboxylic acids is 1. The number of carbonyl (C=O) groups is 1. The molecule has 0 saturated carbocycles. The van der Waals surface area contributed by atoms with Crippen LogP contribution in [0.1, 0.15) is 25.3 Å². The Morgan fingerprint density at radius 2 is 1.81 bits per heavy atom. The summed E-state index contributed by atoms with van der Waals surface area (Å²) in [4.78, 5) is 12.0. The molecule has 0 aliphatic heterocycles. The predicted molar refractivity (Wildman–Crippen MR) is 113 cm³/mol. The van der Waals surface area contributed by atoms with E-state index in [2.05, 4.69) is 17.6 Å². The van der Waals surface area contributed by atoms with Gasteiger partial charge < -0.3 is 0 Å². The molecular formula is C19H24F2IN3O. The van der Waals surface area contributed by atoms with E-state index in [0.717, 1.165) is 22.8 Å². The molecule has 2 aromatic carbocycles. The van der Waals surface area contributed by atoms with E-state index in [9.17, 15) is 13.6 Å². The van der Waals surface area contributed by atoms with Crippen molar-refractivity contribution in [3.05, 3.63) is 53.6 Å². The van der Waals surface area contributed by atoms with E-state index in [4.69, 9.17) is 5.73 Å². The van der Waals surface area contributed by atoms with Gasteiger partial charge in [-0.25, -0.2) is 4.39 Å². The molecule has 0 spiro atoms. The molecule has 0 atom stereocenters. The number of alkyl halides is 2. The summed E-state index contributed by atoms with van der Waals surface area (Å²) in [6, 6.07) is 9.09. The Bertz CT molecular complexity index is 738. The third kappa shape index (κ3) is 6.12. The SMILES string of the molecule is CCCC[IH]CC(=O)Nc1ccc(NCc2ccc(F)cc2)c(F)c1N. The standard InChI is InChI=1S/C19H24F2IN3O/c1-2-3-10-22-11-17(26)25-16-9-8-15(18(21)19(16)23)24-12-13-4-6-14(20)7-5-13/h4-9,22,24H,2-3,10-12,23H2,1H3,(H,25,26). The number of benzene rings is 2. The van der Waals surface area contributed by atoms with E-state index < -0.39 is 5.82 Å². The van der Waals surface area contributed by atoms with Crippen LogP contribution in [-0.4, -0.2) is 14.8 Å². The molecule has 0 radical (unpaired) electrons. The minimum absolute atomic E-state index is 0.0865. The van der Waals surface area contributed by atoms with Crippen molar-refractivity contribution in [2.75, 3.05) is 25.2 Å². The number of halogens is 3. The van der Waals surface area contributed by atoms with Crippen molar-refractivity contribution >= 4 is 44.2 Å². The fourth-order valence-corrected chi connectivity index (χ4v) is 4.79. The topological polar surface area (TPSA) is 67.2 Å². The Balaban J connectivity index is 1.94. The molecule has 26 heavy (non-hydrogen) atoms. The van der Waals surface area contributed by atoms with Crippen LogP contribution in [0.3, 0.4) is 0 Å². The number of amides is 1. The van der Waals surface area contributed by atoms with E-state index in [1.165, 1.54) is 12.1 Å². The van der Waals surface area contributed by atoms with Gasteiger partial charge in [0.25, 0.3) is 0 Å². The van der Waals surface area contributed by atoms with Gasteiger partial charge in [0.2, 0.25) is 0 Å². The van der Waals surface area contributed by atoms with Gasteiger partial charge in [0.15, 0.2) is 0 Å². The fraction of sp³-hybridized carbons (Fsp3) is 0.316. The third-order valence-electron chi connectivity index (χ3n) is 3.73. The van der Waals surface area contributed by atoms with E-state index >= 15 is 0 Å². The average molecular weight is 475 g/mol. The van der Waals surface area contributed by atoms with Crippen LogP contribution in [0.5, 0.6) is 0 Å². The molecule has 1 amide bonds. The summed E-state index contributed by atoms with van der Waals surface area (Å²) >= 11 is -0.341. The predicted octanol–water partition coefficient (Wildman–Crippen LogP) is 4.60.